The van der Waals surface area contributed by atoms with E-state index in [-0.39, 0.29) is 17.3 Å². The molecule has 0 aromatic carbocycles. The lowest BCUT2D eigenvalue weighted by molar-refractivity contribution is -0.156. The fraction of sp³-hybridized carbons (Fsp3) is 0.900. The van der Waals surface area contributed by atoms with E-state index in [1.165, 1.54) is 0 Å². The molecule has 4 nitrogen and oxygen atoms in total. The van der Waals surface area contributed by atoms with Crippen molar-refractivity contribution in [3.63, 3.8) is 0 Å². The number of carbonyl (C=O) groups is 1. The van der Waals surface area contributed by atoms with Crippen LogP contribution in [0, 0.1) is 17.3 Å². The molecule has 25 heavy (non-hydrogen) atoms. The fourth-order valence-electron chi connectivity index (χ4n) is 4.46. The molecule has 0 aromatic heterocycles. The van der Waals surface area contributed by atoms with Gasteiger partial charge in [0.05, 0.1) is 0 Å². The third kappa shape index (κ3) is 4.36. The first kappa shape index (κ1) is 20.6. The molecule has 3 fully saturated rings. The van der Waals surface area contributed by atoms with Crippen LogP contribution >= 0.6 is 0 Å². The van der Waals surface area contributed by atoms with E-state index < -0.39 is 25.3 Å². The Balaban J connectivity index is 2.29. The largest absolute Gasteiger partial charge is 0.458 e. The van der Waals surface area contributed by atoms with Gasteiger partial charge in [-0.1, -0.05) is 33.5 Å². The Labute approximate surface area is 154 Å². The van der Waals surface area contributed by atoms with Crippen LogP contribution in [0.5, 0.6) is 0 Å². The van der Waals surface area contributed by atoms with Crippen LogP contribution in [0.15, 0.2) is 4.99 Å². The summed E-state index contributed by atoms with van der Waals surface area (Å²) in [6.07, 6.45) is 1.85. The monoisotopic (exact) mass is 367 g/mol. The molecule has 3 rings (SSSR count). The van der Waals surface area contributed by atoms with Gasteiger partial charge in [-0.05, 0) is 63.8 Å². The second-order valence-corrected chi connectivity index (χ2v) is 16.6. The highest BCUT2D eigenvalue weighted by Gasteiger charge is 2.61. The Kier molecular flexibility index (Phi) is 5.11. The Hall–Kier alpha value is -0.683. The first-order valence-electron chi connectivity index (χ1n) is 9.56. The van der Waals surface area contributed by atoms with Gasteiger partial charge in [0, 0.05) is 13.8 Å². The van der Waals surface area contributed by atoms with E-state index >= 15 is 0 Å². The summed E-state index contributed by atoms with van der Waals surface area (Å²) in [5.74, 6) is 0.531. The summed E-state index contributed by atoms with van der Waals surface area (Å²) < 4.78 is 5.63. The van der Waals surface area contributed by atoms with Gasteiger partial charge in [-0.25, -0.2) is 4.79 Å². The van der Waals surface area contributed by atoms with Crippen LogP contribution < -0.4 is 0 Å². The summed E-state index contributed by atoms with van der Waals surface area (Å²) >= 11 is 0. The van der Waals surface area contributed by atoms with Crippen molar-refractivity contribution < 1.29 is 14.6 Å². The molecule has 0 spiro atoms. The van der Waals surface area contributed by atoms with Crippen molar-refractivity contribution in [3.8, 4) is 0 Å². The van der Waals surface area contributed by atoms with E-state index in [9.17, 15) is 9.90 Å². The smallest absolute Gasteiger partial charge is 0.331 e. The quantitative estimate of drug-likeness (QED) is 0.595. The van der Waals surface area contributed by atoms with E-state index in [4.69, 9.17) is 9.73 Å². The molecule has 0 amide bonds. The number of ether oxygens (including phenoxy) is 1. The van der Waals surface area contributed by atoms with Gasteiger partial charge in [0.15, 0.2) is 0 Å². The number of aliphatic hydroxyl groups is 1. The lowest BCUT2D eigenvalue weighted by Gasteiger charge is -2.62. The summed E-state index contributed by atoms with van der Waals surface area (Å²) in [5, 5.41) is 11.2. The molecule has 0 saturated heterocycles. The second-order valence-electron chi connectivity index (χ2n) is 11.0. The lowest BCUT2D eigenvalue weighted by atomic mass is 9.44. The van der Waals surface area contributed by atoms with Crippen molar-refractivity contribution in [1.82, 2.24) is 0 Å². The van der Waals surface area contributed by atoms with Crippen molar-refractivity contribution >= 4 is 19.8 Å². The zero-order valence-electron chi connectivity index (χ0n) is 17.6. The molecule has 2 unspecified atom stereocenters. The molecular weight excluding hydrogens is 330 g/mol. The maximum atomic E-state index is 12.8. The zero-order chi connectivity index (χ0) is 19.4. The number of nitrogens with zero attached hydrogens (tertiary/aromatic N) is 1. The minimum Gasteiger partial charge on any atom is -0.458 e. The highest BCUT2D eigenvalue weighted by Crippen LogP contribution is 2.61. The highest BCUT2D eigenvalue weighted by molar-refractivity contribution is 6.76. The number of esters is 1. The summed E-state index contributed by atoms with van der Waals surface area (Å²) in [5.41, 5.74) is -0.475. The summed E-state index contributed by atoms with van der Waals surface area (Å²) in [7, 11) is -1.51. The molecule has 3 aliphatic carbocycles. The molecular formula is C20H37NO3Si. The van der Waals surface area contributed by atoms with Crippen LogP contribution in [0.1, 0.15) is 54.4 Å². The van der Waals surface area contributed by atoms with Crippen molar-refractivity contribution in [1.29, 1.82) is 0 Å². The first-order chi connectivity index (χ1) is 11.0. The molecule has 5 heteroatoms. The van der Waals surface area contributed by atoms with E-state index in [1.54, 1.807) is 0 Å². The Bertz CT molecular complexity index is 566. The average Bonchev–Trinajstić information content (AvgIpc) is 2.35. The van der Waals surface area contributed by atoms with Gasteiger partial charge in [-0.2, -0.15) is 0 Å². The van der Waals surface area contributed by atoms with Gasteiger partial charge in [-0.3, -0.25) is 4.99 Å². The number of fused-ring (bicyclic) bond motifs is 2. The SMILES string of the molecule is CC(C)(C)OC(=O)[C@H](C[Si](C)(C)C)N=C1CC2CC(C2(C)C)[C@@]1(C)O. The Morgan fingerprint density at radius 2 is 1.88 bits per heavy atom. The van der Waals surface area contributed by atoms with Crippen LogP contribution in [0.3, 0.4) is 0 Å². The molecule has 0 radical (unpaired) electrons. The maximum absolute atomic E-state index is 12.8. The van der Waals surface area contributed by atoms with Gasteiger partial charge in [0.1, 0.15) is 17.2 Å². The van der Waals surface area contributed by atoms with Crippen molar-refractivity contribution in [2.75, 3.05) is 0 Å². The van der Waals surface area contributed by atoms with E-state index in [1.807, 2.05) is 27.7 Å². The molecule has 144 valence electrons. The summed E-state index contributed by atoms with van der Waals surface area (Å²) in [6.45, 7) is 18.7. The molecule has 3 saturated carbocycles. The van der Waals surface area contributed by atoms with Crippen LogP contribution in [0.2, 0.25) is 25.7 Å². The standard InChI is InChI=1S/C20H37NO3Si/c1-18(2,3)24-17(22)14(12-25(7,8)9)21-16-11-13-10-15(19(13,4)5)20(16,6)23/h13-15,23H,10-12H2,1-9H3/t13?,14-,15?,20+/m0/s1. The molecule has 4 atom stereocenters. The van der Waals surface area contributed by atoms with Gasteiger partial charge in [-0.15, -0.1) is 0 Å². The van der Waals surface area contributed by atoms with E-state index in [0.717, 1.165) is 24.6 Å². The molecule has 1 N–H and O–H groups in total. The predicted octanol–water partition coefficient (Wildman–Crippen LogP) is 4.29. The lowest BCUT2D eigenvalue weighted by Crippen LogP contribution is -2.65. The third-order valence-electron chi connectivity index (χ3n) is 5.97. The molecule has 0 aliphatic heterocycles. The van der Waals surface area contributed by atoms with Crippen molar-refractivity contribution in [2.24, 2.45) is 22.2 Å². The Morgan fingerprint density at radius 1 is 1.32 bits per heavy atom. The second kappa shape index (κ2) is 6.19. The first-order valence-corrected chi connectivity index (χ1v) is 13.3. The Morgan fingerprint density at radius 3 is 2.28 bits per heavy atom. The predicted molar refractivity (Wildman–Crippen MR) is 106 cm³/mol. The number of carbonyl (C=O) groups excluding carboxylic acids is 1. The van der Waals surface area contributed by atoms with Gasteiger partial charge in [0.2, 0.25) is 0 Å². The third-order valence-corrected chi connectivity index (χ3v) is 7.58. The van der Waals surface area contributed by atoms with Crippen LogP contribution in [-0.4, -0.2) is 42.1 Å². The van der Waals surface area contributed by atoms with E-state index in [0.29, 0.717) is 5.92 Å². The van der Waals surface area contributed by atoms with Crippen LogP contribution in [0.4, 0.5) is 0 Å². The number of hydrogen-bond acceptors (Lipinski definition) is 4. The number of rotatable bonds is 4. The zero-order valence-corrected chi connectivity index (χ0v) is 18.6. The maximum Gasteiger partial charge on any atom is 0.331 e. The van der Waals surface area contributed by atoms with E-state index in [2.05, 4.69) is 33.5 Å². The highest BCUT2D eigenvalue weighted by atomic mass is 28.3. The number of aliphatic imine (C=N–C) groups is 1. The van der Waals surface area contributed by atoms with Gasteiger partial charge < -0.3 is 9.84 Å². The summed E-state index contributed by atoms with van der Waals surface area (Å²) in [4.78, 5) is 17.6. The van der Waals surface area contributed by atoms with Crippen molar-refractivity contribution in [3.05, 3.63) is 0 Å². The fourth-order valence-corrected chi connectivity index (χ4v) is 5.88. The minimum atomic E-state index is -1.51. The average molecular weight is 368 g/mol. The van der Waals surface area contributed by atoms with Gasteiger partial charge >= 0.3 is 5.97 Å². The molecule has 2 bridgehead atoms. The summed E-state index contributed by atoms with van der Waals surface area (Å²) in [6, 6.07) is 0.258. The molecule has 3 aliphatic rings. The van der Waals surface area contributed by atoms with Crippen LogP contribution in [-0.2, 0) is 9.53 Å². The topological polar surface area (TPSA) is 58.9 Å². The minimum absolute atomic E-state index is 0.155. The molecule has 0 heterocycles. The normalized spacial score (nSPS) is 34.4. The number of hydrogen-bond donors (Lipinski definition) is 1. The van der Waals surface area contributed by atoms with Gasteiger partial charge in [0.25, 0.3) is 0 Å². The van der Waals surface area contributed by atoms with Crippen molar-refractivity contribution in [2.45, 2.75) is 97.3 Å². The van der Waals surface area contributed by atoms with Crippen LogP contribution in [0.25, 0.3) is 0 Å². The molecule has 0 aromatic rings.